The molecule has 0 aromatic heterocycles. The van der Waals surface area contributed by atoms with E-state index in [1.54, 1.807) is 24.3 Å². The zero-order valence-corrected chi connectivity index (χ0v) is 14.0. The highest BCUT2D eigenvalue weighted by molar-refractivity contribution is 6.30. The van der Waals surface area contributed by atoms with Crippen LogP contribution in [0.3, 0.4) is 0 Å². The number of hydrogen-bond donors (Lipinski definition) is 0. The molecule has 2 saturated heterocycles. The first-order valence-electron chi connectivity index (χ1n) is 8.35. The highest BCUT2D eigenvalue weighted by Crippen LogP contribution is 2.36. The van der Waals surface area contributed by atoms with Crippen LogP contribution in [-0.4, -0.2) is 43.2 Å². The zero-order chi connectivity index (χ0) is 15.6. The summed E-state index contributed by atoms with van der Waals surface area (Å²) in [5.74, 6) is 0.280. The fraction of sp³-hybridized carbons (Fsp3) is 0.611. The van der Waals surface area contributed by atoms with Crippen molar-refractivity contribution >= 4 is 17.6 Å². The lowest BCUT2D eigenvalue weighted by atomic mass is 9.82. The molecule has 2 heterocycles. The molecule has 120 valence electrons. The monoisotopic (exact) mass is 322 g/mol. The van der Waals surface area contributed by atoms with E-state index in [2.05, 4.69) is 7.05 Å². The van der Waals surface area contributed by atoms with Crippen LogP contribution in [0.1, 0.15) is 42.5 Å². The van der Waals surface area contributed by atoms with Gasteiger partial charge >= 0.3 is 5.97 Å². The Kier molecular flexibility index (Phi) is 4.74. The van der Waals surface area contributed by atoms with E-state index in [1.165, 1.54) is 49.7 Å². The van der Waals surface area contributed by atoms with Gasteiger partial charge in [-0.3, -0.25) is 0 Å². The Bertz CT molecular complexity index is 526. The smallest absolute Gasteiger partial charge is 0.338 e. The molecule has 0 bridgehead atoms. The molecule has 1 aromatic rings. The number of carbonyl (C=O) groups excluding carboxylic acids is 1. The fourth-order valence-electron chi connectivity index (χ4n) is 4.28. The number of benzene rings is 1. The van der Waals surface area contributed by atoms with Gasteiger partial charge in [0.2, 0.25) is 0 Å². The van der Waals surface area contributed by atoms with Crippen LogP contribution in [0.2, 0.25) is 5.02 Å². The second kappa shape index (κ2) is 6.59. The minimum atomic E-state index is -0.229. The van der Waals surface area contributed by atoms with E-state index in [-0.39, 0.29) is 5.97 Å². The lowest BCUT2D eigenvalue weighted by molar-refractivity contribution is -0.947. The molecule has 3 nitrogen and oxygen atoms in total. The molecular formula is C18H25ClNO2+. The van der Waals surface area contributed by atoms with Crippen molar-refractivity contribution in [2.75, 3.05) is 26.7 Å². The number of halogens is 1. The number of quaternary nitrogens is 1. The third-order valence-corrected chi connectivity index (χ3v) is 5.77. The van der Waals surface area contributed by atoms with E-state index >= 15 is 0 Å². The van der Waals surface area contributed by atoms with Crippen LogP contribution in [0.25, 0.3) is 0 Å². The normalized spacial score (nSPS) is 31.4. The van der Waals surface area contributed by atoms with Gasteiger partial charge in [0.1, 0.15) is 6.61 Å². The summed E-state index contributed by atoms with van der Waals surface area (Å²) in [7, 11) is 2.39. The topological polar surface area (TPSA) is 26.3 Å². The van der Waals surface area contributed by atoms with Gasteiger partial charge in [0, 0.05) is 17.4 Å². The quantitative estimate of drug-likeness (QED) is 0.623. The number of rotatable bonds is 3. The van der Waals surface area contributed by atoms with Gasteiger partial charge in [-0.2, -0.15) is 0 Å². The molecule has 0 radical (unpaired) electrons. The summed E-state index contributed by atoms with van der Waals surface area (Å²) in [6.07, 6.45) is 6.37. The SMILES string of the molecule is C[N+]12CCCCC1C(COC(=O)c1ccc(Cl)cc1)CCC2. The maximum atomic E-state index is 12.2. The summed E-state index contributed by atoms with van der Waals surface area (Å²) in [6, 6.07) is 7.58. The van der Waals surface area contributed by atoms with E-state index < -0.39 is 0 Å². The van der Waals surface area contributed by atoms with Gasteiger partial charge in [-0.15, -0.1) is 0 Å². The highest BCUT2D eigenvalue weighted by atomic mass is 35.5. The lowest BCUT2D eigenvalue weighted by Gasteiger charge is -2.51. The maximum absolute atomic E-state index is 12.2. The lowest BCUT2D eigenvalue weighted by Crippen LogP contribution is -2.61. The van der Waals surface area contributed by atoms with Crippen molar-refractivity contribution in [3.63, 3.8) is 0 Å². The predicted octanol–water partition coefficient (Wildman–Crippen LogP) is 3.91. The summed E-state index contributed by atoms with van der Waals surface area (Å²) in [6.45, 7) is 3.12. The van der Waals surface area contributed by atoms with E-state index in [4.69, 9.17) is 16.3 Å². The first-order chi connectivity index (χ1) is 10.6. The van der Waals surface area contributed by atoms with Gasteiger partial charge in [-0.05, 0) is 49.9 Å². The van der Waals surface area contributed by atoms with Crippen molar-refractivity contribution in [2.45, 2.75) is 38.1 Å². The van der Waals surface area contributed by atoms with Crippen molar-refractivity contribution in [1.29, 1.82) is 0 Å². The first-order valence-corrected chi connectivity index (χ1v) is 8.73. The Morgan fingerprint density at radius 1 is 1.18 bits per heavy atom. The van der Waals surface area contributed by atoms with Crippen LogP contribution in [0, 0.1) is 5.92 Å². The van der Waals surface area contributed by atoms with Gasteiger partial charge in [0.15, 0.2) is 0 Å². The number of carbonyl (C=O) groups is 1. The van der Waals surface area contributed by atoms with Crippen LogP contribution in [0.4, 0.5) is 0 Å². The number of hydrogen-bond acceptors (Lipinski definition) is 2. The molecule has 0 aliphatic carbocycles. The van der Waals surface area contributed by atoms with Crippen molar-refractivity contribution in [2.24, 2.45) is 5.92 Å². The van der Waals surface area contributed by atoms with Crippen LogP contribution < -0.4 is 0 Å². The minimum Gasteiger partial charge on any atom is -0.462 e. The highest BCUT2D eigenvalue weighted by Gasteiger charge is 2.43. The maximum Gasteiger partial charge on any atom is 0.338 e. The van der Waals surface area contributed by atoms with Crippen LogP contribution in [0.15, 0.2) is 24.3 Å². The van der Waals surface area contributed by atoms with E-state index in [9.17, 15) is 4.79 Å². The molecular weight excluding hydrogens is 298 g/mol. The average molecular weight is 323 g/mol. The Balaban J connectivity index is 1.60. The first kappa shape index (κ1) is 15.8. The number of fused-ring (bicyclic) bond motifs is 1. The van der Waals surface area contributed by atoms with Crippen molar-refractivity contribution in [1.82, 2.24) is 0 Å². The number of ether oxygens (including phenoxy) is 1. The van der Waals surface area contributed by atoms with E-state index in [0.717, 1.165) is 0 Å². The van der Waals surface area contributed by atoms with Crippen LogP contribution >= 0.6 is 11.6 Å². The molecule has 2 fully saturated rings. The summed E-state index contributed by atoms with van der Waals surface area (Å²) in [5, 5.41) is 0.638. The second-order valence-corrected chi connectivity index (χ2v) is 7.43. The van der Waals surface area contributed by atoms with Crippen LogP contribution in [0.5, 0.6) is 0 Å². The Morgan fingerprint density at radius 3 is 2.68 bits per heavy atom. The molecule has 2 aliphatic heterocycles. The Labute approximate surface area is 137 Å². The number of nitrogens with zero attached hydrogens (tertiary/aromatic N) is 1. The average Bonchev–Trinajstić information content (AvgIpc) is 2.52. The molecule has 0 amide bonds. The molecule has 0 spiro atoms. The molecule has 22 heavy (non-hydrogen) atoms. The second-order valence-electron chi connectivity index (χ2n) is 7.00. The molecule has 4 heteroatoms. The van der Waals surface area contributed by atoms with Crippen LogP contribution in [-0.2, 0) is 4.74 Å². The van der Waals surface area contributed by atoms with Gasteiger partial charge in [-0.1, -0.05) is 11.6 Å². The largest absolute Gasteiger partial charge is 0.462 e. The summed E-state index contributed by atoms with van der Waals surface area (Å²) < 4.78 is 6.79. The molecule has 3 unspecified atom stereocenters. The molecule has 1 aromatic carbocycles. The predicted molar refractivity (Wildman–Crippen MR) is 88.0 cm³/mol. The molecule has 0 N–H and O–H groups in total. The summed E-state index contributed by atoms with van der Waals surface area (Å²) in [5.41, 5.74) is 0.584. The van der Waals surface area contributed by atoms with Gasteiger partial charge in [0.25, 0.3) is 0 Å². The number of piperidine rings is 2. The van der Waals surface area contributed by atoms with Crippen molar-refractivity contribution < 1.29 is 14.0 Å². The minimum absolute atomic E-state index is 0.229. The molecule has 2 aliphatic rings. The van der Waals surface area contributed by atoms with Gasteiger partial charge in [0.05, 0.1) is 31.7 Å². The van der Waals surface area contributed by atoms with Crippen molar-refractivity contribution in [3.8, 4) is 0 Å². The summed E-state index contributed by atoms with van der Waals surface area (Å²) >= 11 is 5.85. The third kappa shape index (κ3) is 3.31. The molecule has 0 saturated carbocycles. The standard InChI is InChI=1S/C18H25ClNO2/c1-20-11-3-2-6-17(20)15(5-4-12-20)13-22-18(21)14-7-9-16(19)10-8-14/h7-10,15,17H,2-6,11-13H2,1H3/q+1. The van der Waals surface area contributed by atoms with Gasteiger partial charge < -0.3 is 9.22 Å². The Morgan fingerprint density at radius 2 is 1.91 bits per heavy atom. The third-order valence-electron chi connectivity index (χ3n) is 5.52. The van der Waals surface area contributed by atoms with Crippen molar-refractivity contribution in [3.05, 3.63) is 34.9 Å². The summed E-state index contributed by atoms with van der Waals surface area (Å²) in [4.78, 5) is 12.2. The molecule has 3 atom stereocenters. The number of esters is 1. The zero-order valence-electron chi connectivity index (χ0n) is 13.3. The van der Waals surface area contributed by atoms with E-state index in [0.29, 0.717) is 29.2 Å². The van der Waals surface area contributed by atoms with E-state index in [1.807, 2.05) is 0 Å². The molecule has 3 rings (SSSR count). The van der Waals surface area contributed by atoms with Gasteiger partial charge in [-0.25, -0.2) is 4.79 Å². The Hall–Kier alpha value is -1.06. The fourth-order valence-corrected chi connectivity index (χ4v) is 4.41.